The maximum Gasteiger partial charge on any atom is 0.410 e. The van der Waals surface area contributed by atoms with Crippen molar-refractivity contribution in [3.05, 3.63) is 47.5 Å². The molecule has 19 heavy (non-hydrogen) atoms. The fourth-order valence-electron chi connectivity index (χ4n) is 2.07. The zero-order chi connectivity index (χ0) is 13.7. The number of benzene rings is 1. The first kappa shape index (κ1) is 13.6. The van der Waals surface area contributed by atoms with Crippen LogP contribution in [0.4, 0.5) is 4.79 Å². The number of nitrogens with zero attached hydrogens (tertiary/aromatic N) is 1. The summed E-state index contributed by atoms with van der Waals surface area (Å²) in [5, 5.41) is 0. The lowest BCUT2D eigenvalue weighted by molar-refractivity contribution is 0.0987. The highest BCUT2D eigenvalue weighted by Crippen LogP contribution is 2.14. The highest BCUT2D eigenvalue weighted by molar-refractivity contribution is 5.68. The van der Waals surface area contributed by atoms with Crippen LogP contribution in [0.25, 0.3) is 0 Å². The minimum Gasteiger partial charge on any atom is -0.445 e. The molecule has 0 saturated heterocycles. The maximum atomic E-state index is 11.9. The Kier molecular flexibility index (Phi) is 4.58. The second-order valence-corrected chi connectivity index (χ2v) is 4.80. The van der Waals surface area contributed by atoms with Crippen molar-refractivity contribution < 1.29 is 9.53 Å². The summed E-state index contributed by atoms with van der Waals surface area (Å²) in [4.78, 5) is 13.6. The summed E-state index contributed by atoms with van der Waals surface area (Å²) in [5.41, 5.74) is 8.03. The Morgan fingerprint density at radius 1 is 1.42 bits per heavy atom. The molecule has 1 aliphatic rings. The number of hydrogen-bond donors (Lipinski definition) is 1. The van der Waals surface area contributed by atoms with E-state index in [1.165, 1.54) is 5.57 Å². The van der Waals surface area contributed by atoms with Gasteiger partial charge in [0.25, 0.3) is 0 Å². The summed E-state index contributed by atoms with van der Waals surface area (Å²) in [6, 6.07) is 9.76. The van der Waals surface area contributed by atoms with Gasteiger partial charge in [0, 0.05) is 19.1 Å². The van der Waals surface area contributed by atoms with Gasteiger partial charge in [-0.2, -0.15) is 0 Å². The Morgan fingerprint density at radius 3 is 2.74 bits per heavy atom. The van der Waals surface area contributed by atoms with Crippen LogP contribution < -0.4 is 5.73 Å². The van der Waals surface area contributed by atoms with Crippen molar-refractivity contribution in [1.82, 2.24) is 4.90 Å². The van der Waals surface area contributed by atoms with E-state index in [1.54, 1.807) is 4.90 Å². The fraction of sp³-hybridized carbons (Fsp3) is 0.400. The highest BCUT2D eigenvalue weighted by atomic mass is 16.6. The molecule has 1 heterocycles. The average molecular weight is 260 g/mol. The molecule has 1 amide bonds. The zero-order valence-electron chi connectivity index (χ0n) is 11.2. The molecule has 0 aromatic heterocycles. The highest BCUT2D eigenvalue weighted by Gasteiger charge is 2.19. The third-order valence-corrected chi connectivity index (χ3v) is 3.29. The normalized spacial score (nSPS) is 16.7. The predicted octanol–water partition coefficient (Wildman–Crippen LogP) is 2.30. The van der Waals surface area contributed by atoms with Crippen LogP contribution in [0.15, 0.2) is 42.0 Å². The molecule has 1 aliphatic heterocycles. The molecule has 0 aliphatic carbocycles. The van der Waals surface area contributed by atoms with Crippen molar-refractivity contribution in [3.8, 4) is 0 Å². The maximum absolute atomic E-state index is 11.9. The minimum atomic E-state index is -0.260. The van der Waals surface area contributed by atoms with E-state index in [9.17, 15) is 4.79 Å². The Bertz CT molecular complexity index is 454. The van der Waals surface area contributed by atoms with Gasteiger partial charge >= 0.3 is 6.09 Å². The Balaban J connectivity index is 1.82. The van der Waals surface area contributed by atoms with E-state index in [0.29, 0.717) is 19.7 Å². The van der Waals surface area contributed by atoms with Crippen LogP contribution in [0, 0.1) is 0 Å². The molecule has 2 N–H and O–H groups in total. The largest absolute Gasteiger partial charge is 0.445 e. The number of carbonyl (C=O) groups excluding carboxylic acids is 1. The van der Waals surface area contributed by atoms with Crippen molar-refractivity contribution in [3.63, 3.8) is 0 Å². The van der Waals surface area contributed by atoms with Gasteiger partial charge in [-0.15, -0.1) is 0 Å². The molecule has 4 nitrogen and oxygen atoms in total. The molecular weight excluding hydrogens is 240 g/mol. The van der Waals surface area contributed by atoms with Gasteiger partial charge in [0.1, 0.15) is 6.61 Å². The third kappa shape index (κ3) is 3.83. The van der Waals surface area contributed by atoms with E-state index in [4.69, 9.17) is 10.5 Å². The Labute approximate surface area is 113 Å². The monoisotopic (exact) mass is 260 g/mol. The molecule has 0 radical (unpaired) electrons. The molecule has 1 atom stereocenters. The van der Waals surface area contributed by atoms with Gasteiger partial charge in [0.05, 0.1) is 0 Å². The van der Waals surface area contributed by atoms with Crippen LogP contribution in [0.1, 0.15) is 18.9 Å². The third-order valence-electron chi connectivity index (χ3n) is 3.29. The quantitative estimate of drug-likeness (QED) is 0.848. The summed E-state index contributed by atoms with van der Waals surface area (Å²) < 4.78 is 5.29. The molecule has 1 aromatic rings. The molecule has 2 rings (SSSR count). The molecule has 102 valence electrons. The number of amides is 1. The van der Waals surface area contributed by atoms with Gasteiger partial charge in [0.2, 0.25) is 0 Å². The van der Waals surface area contributed by atoms with E-state index in [1.807, 2.05) is 43.3 Å². The van der Waals surface area contributed by atoms with Crippen LogP contribution in [-0.2, 0) is 11.3 Å². The lowest BCUT2D eigenvalue weighted by Gasteiger charge is -2.27. The van der Waals surface area contributed by atoms with Crippen LogP contribution in [0.3, 0.4) is 0 Å². The van der Waals surface area contributed by atoms with E-state index in [0.717, 1.165) is 12.0 Å². The SMILES string of the molecule is CC(N)C1=CCN(C(=O)OCc2ccccc2)CC1. The smallest absolute Gasteiger partial charge is 0.410 e. The second kappa shape index (κ2) is 6.38. The van der Waals surface area contributed by atoms with E-state index in [2.05, 4.69) is 0 Å². The van der Waals surface area contributed by atoms with Crippen molar-refractivity contribution in [1.29, 1.82) is 0 Å². The molecule has 0 bridgehead atoms. The van der Waals surface area contributed by atoms with Crippen molar-refractivity contribution in [2.75, 3.05) is 13.1 Å². The van der Waals surface area contributed by atoms with Crippen molar-refractivity contribution in [2.45, 2.75) is 26.0 Å². The average Bonchev–Trinajstić information content (AvgIpc) is 2.46. The molecule has 1 unspecified atom stereocenters. The number of carbonyl (C=O) groups is 1. The van der Waals surface area contributed by atoms with E-state index >= 15 is 0 Å². The predicted molar refractivity (Wildman–Crippen MR) is 74.5 cm³/mol. The lowest BCUT2D eigenvalue weighted by atomic mass is 10.0. The summed E-state index contributed by atoms with van der Waals surface area (Å²) in [6.45, 7) is 3.56. The number of rotatable bonds is 3. The number of nitrogens with two attached hydrogens (primary N) is 1. The van der Waals surface area contributed by atoms with E-state index < -0.39 is 0 Å². The standard InChI is InChI=1S/C15H20N2O2/c1-12(16)14-7-9-17(10-8-14)15(18)19-11-13-5-3-2-4-6-13/h2-7,12H,8-11,16H2,1H3. The van der Waals surface area contributed by atoms with Gasteiger partial charge < -0.3 is 15.4 Å². The van der Waals surface area contributed by atoms with Crippen LogP contribution in [0.2, 0.25) is 0 Å². The molecule has 1 aromatic carbocycles. The second-order valence-electron chi connectivity index (χ2n) is 4.80. The number of hydrogen-bond acceptors (Lipinski definition) is 3. The summed E-state index contributed by atoms with van der Waals surface area (Å²) in [7, 11) is 0. The summed E-state index contributed by atoms with van der Waals surface area (Å²) in [5.74, 6) is 0. The van der Waals surface area contributed by atoms with Crippen molar-refractivity contribution >= 4 is 6.09 Å². The van der Waals surface area contributed by atoms with Gasteiger partial charge in [-0.1, -0.05) is 42.0 Å². The lowest BCUT2D eigenvalue weighted by Crippen LogP contribution is -2.37. The minimum absolute atomic E-state index is 0.0717. The fourth-order valence-corrected chi connectivity index (χ4v) is 2.07. The molecule has 0 saturated carbocycles. The zero-order valence-corrected chi connectivity index (χ0v) is 11.2. The van der Waals surface area contributed by atoms with Gasteiger partial charge in [0.15, 0.2) is 0 Å². The van der Waals surface area contributed by atoms with Crippen molar-refractivity contribution in [2.24, 2.45) is 5.73 Å². The Morgan fingerprint density at radius 2 is 2.16 bits per heavy atom. The topological polar surface area (TPSA) is 55.6 Å². The molecule has 4 heteroatoms. The van der Waals surface area contributed by atoms with Crippen LogP contribution in [0.5, 0.6) is 0 Å². The summed E-state index contributed by atoms with van der Waals surface area (Å²) in [6.07, 6.45) is 2.60. The van der Waals surface area contributed by atoms with E-state index in [-0.39, 0.29) is 12.1 Å². The molecule has 0 spiro atoms. The van der Waals surface area contributed by atoms with Gasteiger partial charge in [-0.25, -0.2) is 4.79 Å². The first-order chi connectivity index (χ1) is 9.16. The van der Waals surface area contributed by atoms with Crippen LogP contribution in [-0.4, -0.2) is 30.1 Å². The number of ether oxygens (including phenoxy) is 1. The van der Waals surface area contributed by atoms with Gasteiger partial charge in [-0.05, 0) is 18.9 Å². The first-order valence-corrected chi connectivity index (χ1v) is 6.57. The Hall–Kier alpha value is -1.81. The van der Waals surface area contributed by atoms with Gasteiger partial charge in [-0.3, -0.25) is 0 Å². The van der Waals surface area contributed by atoms with Crippen LogP contribution >= 0.6 is 0 Å². The first-order valence-electron chi connectivity index (χ1n) is 6.57. The molecular formula is C15H20N2O2. The molecule has 0 fully saturated rings. The summed E-state index contributed by atoms with van der Waals surface area (Å²) >= 11 is 0.